The molecule has 2 aromatic rings. The highest BCUT2D eigenvalue weighted by atomic mass is 16.4. The van der Waals surface area contributed by atoms with Crippen LogP contribution in [-0.2, 0) is 11.2 Å². The molecule has 0 aromatic carbocycles. The summed E-state index contributed by atoms with van der Waals surface area (Å²) in [6, 6.07) is 1.88. The maximum absolute atomic E-state index is 12.1. The smallest absolute Gasteiger partial charge is 0.404 e. The molecule has 0 aliphatic heterocycles. The van der Waals surface area contributed by atoms with E-state index in [1.54, 1.807) is 18.6 Å². The number of H-pyrrole nitrogens is 1. The molecule has 150 valence electrons. The molecule has 2 heterocycles. The van der Waals surface area contributed by atoms with Crippen molar-refractivity contribution in [2.24, 2.45) is 5.92 Å². The Morgan fingerprint density at radius 1 is 1.36 bits per heavy atom. The standard InChI is InChI=1S/C19H26N6O3/c1-2-14(22-19(27)28)8-12-3-4-13(7-12)16-10-17(25-24-16)23-18(26)9-15-11-20-5-6-21-15/h5-6,10-14,22H,2-4,7-9H2,1H3,(H,27,28)(H2,23,24,25,26). The van der Waals surface area contributed by atoms with Crippen molar-refractivity contribution in [2.45, 2.75) is 57.4 Å². The Labute approximate surface area is 163 Å². The predicted octanol–water partition coefficient (Wildman–Crippen LogP) is 2.70. The summed E-state index contributed by atoms with van der Waals surface area (Å²) in [6.07, 6.45) is 8.61. The fraction of sp³-hybridized carbons (Fsp3) is 0.526. The number of nitrogens with zero attached hydrogens (tertiary/aromatic N) is 3. The molecule has 0 saturated heterocycles. The summed E-state index contributed by atoms with van der Waals surface area (Å²) in [6.45, 7) is 2.00. The first-order valence-corrected chi connectivity index (χ1v) is 9.63. The van der Waals surface area contributed by atoms with Crippen molar-refractivity contribution in [3.63, 3.8) is 0 Å². The number of amides is 2. The van der Waals surface area contributed by atoms with Gasteiger partial charge >= 0.3 is 6.09 Å². The van der Waals surface area contributed by atoms with Crippen LogP contribution in [0.5, 0.6) is 0 Å². The van der Waals surface area contributed by atoms with Gasteiger partial charge in [0.2, 0.25) is 5.91 Å². The molecule has 9 nitrogen and oxygen atoms in total. The number of anilines is 1. The van der Waals surface area contributed by atoms with Gasteiger partial charge in [-0.1, -0.05) is 6.92 Å². The van der Waals surface area contributed by atoms with Crippen LogP contribution in [0.1, 0.15) is 56.3 Å². The minimum Gasteiger partial charge on any atom is -0.465 e. The molecule has 2 amide bonds. The topological polar surface area (TPSA) is 133 Å². The second kappa shape index (κ2) is 9.29. The van der Waals surface area contributed by atoms with E-state index in [-0.39, 0.29) is 18.4 Å². The minimum absolute atomic E-state index is 0.000971. The number of hydrogen-bond acceptors (Lipinski definition) is 5. The summed E-state index contributed by atoms with van der Waals surface area (Å²) in [5.41, 5.74) is 1.62. The molecule has 28 heavy (non-hydrogen) atoms. The zero-order chi connectivity index (χ0) is 19.9. The third-order valence-electron chi connectivity index (χ3n) is 5.24. The maximum atomic E-state index is 12.1. The third-order valence-corrected chi connectivity index (χ3v) is 5.24. The normalized spacial score (nSPS) is 19.9. The van der Waals surface area contributed by atoms with Crippen molar-refractivity contribution in [1.82, 2.24) is 25.5 Å². The molecule has 9 heteroatoms. The lowest BCUT2D eigenvalue weighted by Gasteiger charge is -2.19. The van der Waals surface area contributed by atoms with Gasteiger partial charge in [0.05, 0.1) is 12.1 Å². The average Bonchev–Trinajstić information content (AvgIpc) is 3.31. The Morgan fingerprint density at radius 2 is 2.21 bits per heavy atom. The van der Waals surface area contributed by atoms with Gasteiger partial charge in [0, 0.05) is 42.3 Å². The third kappa shape index (κ3) is 5.51. The molecule has 4 N–H and O–H groups in total. The fourth-order valence-corrected chi connectivity index (χ4v) is 3.86. The molecular weight excluding hydrogens is 360 g/mol. The summed E-state index contributed by atoms with van der Waals surface area (Å²) < 4.78 is 0. The van der Waals surface area contributed by atoms with Gasteiger partial charge in [0.1, 0.15) is 0 Å². The lowest BCUT2D eigenvalue weighted by atomic mass is 9.95. The van der Waals surface area contributed by atoms with E-state index >= 15 is 0 Å². The van der Waals surface area contributed by atoms with Crippen molar-refractivity contribution in [1.29, 1.82) is 0 Å². The maximum Gasteiger partial charge on any atom is 0.404 e. The number of carbonyl (C=O) groups is 2. The van der Waals surface area contributed by atoms with E-state index in [0.717, 1.165) is 37.8 Å². The van der Waals surface area contributed by atoms with E-state index in [1.807, 2.05) is 13.0 Å². The van der Waals surface area contributed by atoms with Gasteiger partial charge in [0.15, 0.2) is 5.82 Å². The lowest BCUT2D eigenvalue weighted by molar-refractivity contribution is -0.115. The molecule has 0 radical (unpaired) electrons. The van der Waals surface area contributed by atoms with Crippen LogP contribution in [0.15, 0.2) is 24.7 Å². The summed E-state index contributed by atoms with van der Waals surface area (Å²) in [4.78, 5) is 31.0. The SMILES string of the molecule is CCC(CC1CCC(c2cc(NC(=O)Cc3cnccn3)n[nH]2)C1)NC(=O)O. The van der Waals surface area contributed by atoms with E-state index in [1.165, 1.54) is 0 Å². The predicted molar refractivity (Wildman–Crippen MR) is 103 cm³/mol. The second-order valence-corrected chi connectivity index (χ2v) is 7.30. The number of rotatable bonds is 8. The first kappa shape index (κ1) is 19.8. The van der Waals surface area contributed by atoms with Crippen LogP contribution < -0.4 is 10.6 Å². The minimum atomic E-state index is -0.961. The molecule has 1 aliphatic carbocycles. The zero-order valence-electron chi connectivity index (χ0n) is 15.9. The molecule has 3 unspecified atom stereocenters. The van der Waals surface area contributed by atoms with E-state index < -0.39 is 6.09 Å². The Balaban J connectivity index is 1.50. The Hall–Kier alpha value is -2.97. The van der Waals surface area contributed by atoms with E-state index in [9.17, 15) is 9.59 Å². The van der Waals surface area contributed by atoms with Gasteiger partial charge < -0.3 is 15.7 Å². The summed E-state index contributed by atoms with van der Waals surface area (Å²) >= 11 is 0. The van der Waals surface area contributed by atoms with Gasteiger partial charge in [-0.05, 0) is 38.0 Å². The summed E-state index contributed by atoms with van der Waals surface area (Å²) in [7, 11) is 0. The van der Waals surface area contributed by atoms with Crippen LogP contribution in [0, 0.1) is 5.92 Å². The monoisotopic (exact) mass is 386 g/mol. The van der Waals surface area contributed by atoms with E-state index in [2.05, 4.69) is 30.8 Å². The quantitative estimate of drug-likeness (QED) is 0.551. The molecule has 2 aromatic heterocycles. The van der Waals surface area contributed by atoms with Crippen LogP contribution in [0.4, 0.5) is 10.6 Å². The van der Waals surface area contributed by atoms with Crippen LogP contribution >= 0.6 is 0 Å². The van der Waals surface area contributed by atoms with Crippen LogP contribution in [0.2, 0.25) is 0 Å². The fourth-order valence-electron chi connectivity index (χ4n) is 3.86. The molecule has 1 aliphatic rings. The highest BCUT2D eigenvalue weighted by Crippen LogP contribution is 2.40. The molecule has 3 atom stereocenters. The Kier molecular flexibility index (Phi) is 6.57. The van der Waals surface area contributed by atoms with E-state index in [0.29, 0.717) is 23.3 Å². The number of aromatic amines is 1. The van der Waals surface area contributed by atoms with Crippen LogP contribution in [-0.4, -0.2) is 43.3 Å². The number of nitrogens with one attached hydrogen (secondary N) is 3. The van der Waals surface area contributed by atoms with Gasteiger partial charge in [0.25, 0.3) is 0 Å². The first-order valence-electron chi connectivity index (χ1n) is 9.63. The molecular formula is C19H26N6O3. The Morgan fingerprint density at radius 3 is 2.93 bits per heavy atom. The summed E-state index contributed by atoms with van der Waals surface area (Å²) in [5.74, 6) is 1.16. The van der Waals surface area contributed by atoms with Gasteiger partial charge in [-0.25, -0.2) is 4.79 Å². The molecule has 1 saturated carbocycles. The number of carboxylic acid groups (broad SMARTS) is 1. The van der Waals surface area contributed by atoms with Crippen molar-refractivity contribution < 1.29 is 14.7 Å². The van der Waals surface area contributed by atoms with Crippen molar-refractivity contribution in [2.75, 3.05) is 5.32 Å². The second-order valence-electron chi connectivity index (χ2n) is 7.30. The van der Waals surface area contributed by atoms with Crippen LogP contribution in [0.25, 0.3) is 0 Å². The number of hydrogen-bond donors (Lipinski definition) is 4. The highest BCUT2D eigenvalue weighted by Gasteiger charge is 2.29. The van der Waals surface area contributed by atoms with Crippen molar-refractivity contribution in [3.8, 4) is 0 Å². The van der Waals surface area contributed by atoms with Gasteiger partial charge in [-0.3, -0.25) is 19.9 Å². The van der Waals surface area contributed by atoms with E-state index in [4.69, 9.17) is 5.11 Å². The van der Waals surface area contributed by atoms with Crippen LogP contribution in [0.3, 0.4) is 0 Å². The number of aromatic nitrogens is 4. The Bertz CT molecular complexity index is 794. The lowest BCUT2D eigenvalue weighted by Crippen LogP contribution is -2.34. The first-order chi connectivity index (χ1) is 13.5. The molecule has 3 rings (SSSR count). The van der Waals surface area contributed by atoms with Crippen molar-refractivity contribution >= 4 is 17.8 Å². The largest absolute Gasteiger partial charge is 0.465 e. The number of carbonyl (C=O) groups excluding carboxylic acids is 1. The van der Waals surface area contributed by atoms with Gasteiger partial charge in [-0.15, -0.1) is 0 Å². The molecule has 1 fully saturated rings. The highest BCUT2D eigenvalue weighted by molar-refractivity contribution is 5.91. The summed E-state index contributed by atoms with van der Waals surface area (Å²) in [5, 5.41) is 21.5. The molecule has 0 spiro atoms. The van der Waals surface area contributed by atoms with Gasteiger partial charge in [-0.2, -0.15) is 5.10 Å². The van der Waals surface area contributed by atoms with Crippen molar-refractivity contribution in [3.05, 3.63) is 36.0 Å². The average molecular weight is 386 g/mol. The zero-order valence-corrected chi connectivity index (χ0v) is 15.9. The molecule has 0 bridgehead atoms.